The van der Waals surface area contributed by atoms with Gasteiger partial charge in [-0.05, 0) is 38.0 Å². The summed E-state index contributed by atoms with van der Waals surface area (Å²) in [6.45, 7) is 3.48. The number of piperidine rings is 1. The third-order valence-electron chi connectivity index (χ3n) is 4.66. The molecule has 0 saturated carbocycles. The second-order valence-corrected chi connectivity index (χ2v) is 7.44. The SMILES string of the molecule is Cc1cc(C(=O)N2CCC(c3nc4ccccc4s3)CC2)n(C)n1. The Labute approximate surface area is 144 Å². The summed E-state index contributed by atoms with van der Waals surface area (Å²) < 4.78 is 2.92. The lowest BCUT2D eigenvalue weighted by molar-refractivity contribution is 0.0702. The van der Waals surface area contributed by atoms with Crippen LogP contribution in [-0.2, 0) is 7.05 Å². The molecule has 0 atom stereocenters. The molecule has 0 bridgehead atoms. The minimum atomic E-state index is 0.0841. The number of hydrogen-bond donors (Lipinski definition) is 0. The van der Waals surface area contributed by atoms with E-state index in [1.54, 1.807) is 16.0 Å². The number of likely N-dealkylation sites (tertiary alicyclic amines) is 1. The number of nitrogens with zero attached hydrogens (tertiary/aromatic N) is 4. The van der Waals surface area contributed by atoms with E-state index in [1.807, 2.05) is 31.0 Å². The zero-order chi connectivity index (χ0) is 16.7. The molecule has 6 heteroatoms. The van der Waals surface area contributed by atoms with Crippen molar-refractivity contribution in [3.63, 3.8) is 0 Å². The van der Waals surface area contributed by atoms with Crippen LogP contribution in [0.4, 0.5) is 0 Å². The predicted octanol–water partition coefficient (Wildman–Crippen LogP) is 3.36. The van der Waals surface area contributed by atoms with Gasteiger partial charge in [0.25, 0.3) is 5.91 Å². The van der Waals surface area contributed by atoms with E-state index in [-0.39, 0.29) is 5.91 Å². The lowest BCUT2D eigenvalue weighted by Crippen LogP contribution is -2.38. The lowest BCUT2D eigenvalue weighted by Gasteiger charge is -2.31. The highest BCUT2D eigenvalue weighted by molar-refractivity contribution is 7.18. The number of benzene rings is 1. The Morgan fingerprint density at radius 2 is 2.00 bits per heavy atom. The summed E-state index contributed by atoms with van der Waals surface area (Å²) in [7, 11) is 1.83. The Bertz CT molecular complexity index is 856. The van der Waals surface area contributed by atoms with Crippen LogP contribution in [0.15, 0.2) is 30.3 Å². The van der Waals surface area contributed by atoms with Crippen LogP contribution < -0.4 is 0 Å². The van der Waals surface area contributed by atoms with Gasteiger partial charge in [-0.3, -0.25) is 9.48 Å². The van der Waals surface area contributed by atoms with Crippen molar-refractivity contribution in [1.29, 1.82) is 0 Å². The van der Waals surface area contributed by atoms with Crippen molar-refractivity contribution in [2.75, 3.05) is 13.1 Å². The van der Waals surface area contributed by atoms with Gasteiger partial charge in [-0.2, -0.15) is 5.10 Å². The number of aryl methyl sites for hydroxylation is 2. The number of para-hydroxylation sites is 1. The molecule has 5 nitrogen and oxygen atoms in total. The van der Waals surface area contributed by atoms with Crippen LogP contribution in [0.3, 0.4) is 0 Å². The first-order chi connectivity index (χ1) is 11.6. The molecular weight excluding hydrogens is 320 g/mol. The van der Waals surface area contributed by atoms with Crippen LogP contribution in [-0.4, -0.2) is 38.7 Å². The maximum absolute atomic E-state index is 12.7. The number of aromatic nitrogens is 3. The van der Waals surface area contributed by atoms with Gasteiger partial charge in [0.15, 0.2) is 0 Å². The molecule has 3 aromatic rings. The van der Waals surface area contributed by atoms with E-state index in [4.69, 9.17) is 4.98 Å². The summed E-state index contributed by atoms with van der Waals surface area (Å²) in [6, 6.07) is 10.1. The highest BCUT2D eigenvalue weighted by Gasteiger charge is 2.27. The number of thiazole rings is 1. The van der Waals surface area contributed by atoms with Crippen molar-refractivity contribution in [2.45, 2.75) is 25.7 Å². The second-order valence-electron chi connectivity index (χ2n) is 6.38. The third kappa shape index (κ3) is 2.71. The van der Waals surface area contributed by atoms with Gasteiger partial charge < -0.3 is 4.90 Å². The van der Waals surface area contributed by atoms with Gasteiger partial charge >= 0.3 is 0 Å². The quantitative estimate of drug-likeness (QED) is 0.719. The summed E-state index contributed by atoms with van der Waals surface area (Å²) in [4.78, 5) is 19.4. The average Bonchev–Trinajstić information content (AvgIpc) is 3.17. The Morgan fingerprint density at radius 3 is 2.67 bits per heavy atom. The molecule has 1 aromatic carbocycles. The van der Waals surface area contributed by atoms with Gasteiger partial charge in [-0.15, -0.1) is 11.3 Å². The molecule has 124 valence electrons. The molecule has 0 aliphatic carbocycles. The summed E-state index contributed by atoms with van der Waals surface area (Å²) in [6.07, 6.45) is 1.95. The summed E-state index contributed by atoms with van der Waals surface area (Å²) in [5.74, 6) is 0.542. The number of rotatable bonds is 2. The number of carbonyl (C=O) groups is 1. The van der Waals surface area contributed by atoms with Crippen molar-refractivity contribution >= 4 is 27.5 Å². The van der Waals surface area contributed by atoms with Gasteiger partial charge in [0.05, 0.1) is 20.9 Å². The van der Waals surface area contributed by atoms with Crippen molar-refractivity contribution < 1.29 is 4.79 Å². The van der Waals surface area contributed by atoms with Crippen molar-refractivity contribution in [3.05, 3.63) is 46.7 Å². The summed E-state index contributed by atoms with van der Waals surface area (Å²) in [5, 5.41) is 5.48. The Kier molecular flexibility index (Phi) is 3.84. The smallest absolute Gasteiger partial charge is 0.272 e. The molecule has 0 N–H and O–H groups in total. The standard InChI is InChI=1S/C18H20N4OS/c1-12-11-15(21(2)20-12)18(23)22-9-7-13(8-10-22)17-19-14-5-3-4-6-16(14)24-17/h3-6,11,13H,7-10H2,1-2H3. The predicted molar refractivity (Wildman–Crippen MR) is 95.4 cm³/mol. The van der Waals surface area contributed by atoms with E-state index >= 15 is 0 Å². The summed E-state index contributed by atoms with van der Waals surface area (Å²) >= 11 is 1.79. The highest BCUT2D eigenvalue weighted by Crippen LogP contribution is 2.34. The molecule has 4 rings (SSSR count). The van der Waals surface area contributed by atoms with Crippen molar-refractivity contribution in [3.8, 4) is 0 Å². The zero-order valence-corrected chi connectivity index (χ0v) is 14.7. The fraction of sp³-hybridized carbons (Fsp3) is 0.389. The third-order valence-corrected chi connectivity index (χ3v) is 5.86. The maximum Gasteiger partial charge on any atom is 0.272 e. The molecule has 24 heavy (non-hydrogen) atoms. The fourth-order valence-corrected chi connectivity index (χ4v) is 4.50. The van der Waals surface area contributed by atoms with Crippen LogP contribution in [0.25, 0.3) is 10.2 Å². The lowest BCUT2D eigenvalue weighted by atomic mass is 9.97. The normalized spacial score (nSPS) is 16.0. The minimum absolute atomic E-state index is 0.0841. The van der Waals surface area contributed by atoms with Crippen LogP contribution in [0.1, 0.15) is 39.9 Å². The van der Waals surface area contributed by atoms with E-state index in [9.17, 15) is 4.79 Å². The first-order valence-electron chi connectivity index (χ1n) is 8.27. The molecule has 1 aliphatic heterocycles. The van der Waals surface area contributed by atoms with Gasteiger partial charge in [-0.25, -0.2) is 4.98 Å². The van der Waals surface area contributed by atoms with Crippen molar-refractivity contribution in [2.24, 2.45) is 7.05 Å². The maximum atomic E-state index is 12.7. The molecule has 0 radical (unpaired) electrons. The van der Waals surface area contributed by atoms with Gasteiger partial charge in [-0.1, -0.05) is 12.1 Å². The first-order valence-corrected chi connectivity index (χ1v) is 9.09. The Morgan fingerprint density at radius 1 is 1.25 bits per heavy atom. The molecule has 0 unspecified atom stereocenters. The van der Waals surface area contributed by atoms with Crippen LogP contribution in [0.5, 0.6) is 0 Å². The van der Waals surface area contributed by atoms with E-state index < -0.39 is 0 Å². The minimum Gasteiger partial charge on any atom is -0.337 e. The van der Waals surface area contributed by atoms with Crippen LogP contribution in [0.2, 0.25) is 0 Å². The monoisotopic (exact) mass is 340 g/mol. The number of fused-ring (bicyclic) bond motifs is 1. The zero-order valence-electron chi connectivity index (χ0n) is 13.9. The number of hydrogen-bond acceptors (Lipinski definition) is 4. The van der Waals surface area contributed by atoms with Gasteiger partial charge in [0.2, 0.25) is 0 Å². The van der Waals surface area contributed by atoms with E-state index in [1.165, 1.54) is 9.71 Å². The molecule has 0 spiro atoms. The number of amides is 1. The Balaban J connectivity index is 1.46. The Hall–Kier alpha value is -2.21. The average molecular weight is 340 g/mol. The fourth-order valence-electron chi connectivity index (χ4n) is 3.37. The molecule has 2 aromatic heterocycles. The van der Waals surface area contributed by atoms with E-state index in [2.05, 4.69) is 23.3 Å². The van der Waals surface area contributed by atoms with Crippen molar-refractivity contribution in [1.82, 2.24) is 19.7 Å². The molecule has 1 fully saturated rings. The van der Waals surface area contributed by atoms with Crippen LogP contribution >= 0.6 is 11.3 Å². The molecular formula is C18H20N4OS. The van der Waals surface area contributed by atoms with Gasteiger partial charge in [0.1, 0.15) is 5.69 Å². The van der Waals surface area contributed by atoms with Crippen LogP contribution in [0, 0.1) is 6.92 Å². The van der Waals surface area contributed by atoms with E-state index in [0.717, 1.165) is 37.1 Å². The largest absolute Gasteiger partial charge is 0.337 e. The second kappa shape index (κ2) is 6.02. The first kappa shape index (κ1) is 15.3. The molecule has 1 saturated heterocycles. The van der Waals surface area contributed by atoms with Gasteiger partial charge in [0, 0.05) is 26.1 Å². The molecule has 1 aliphatic rings. The van der Waals surface area contributed by atoms with E-state index in [0.29, 0.717) is 11.6 Å². The molecule has 1 amide bonds. The molecule has 3 heterocycles. The topological polar surface area (TPSA) is 51.0 Å². The highest BCUT2D eigenvalue weighted by atomic mass is 32.1. The summed E-state index contributed by atoms with van der Waals surface area (Å²) in [5.41, 5.74) is 2.64. The number of carbonyl (C=O) groups excluding carboxylic acids is 1.